The van der Waals surface area contributed by atoms with Crippen LogP contribution in [0, 0.1) is 0 Å². The molecule has 2 aromatic rings. The van der Waals surface area contributed by atoms with E-state index in [1.54, 1.807) is 11.8 Å². The van der Waals surface area contributed by atoms with Crippen LogP contribution in [0.25, 0.3) is 0 Å². The van der Waals surface area contributed by atoms with Crippen molar-refractivity contribution in [2.45, 2.75) is 178 Å². The number of hydrogen-bond acceptors (Lipinski definition) is 3. The highest BCUT2D eigenvalue weighted by atomic mass is 32.2. The zero-order chi connectivity index (χ0) is 30.5. The zero-order valence-corrected chi connectivity index (χ0v) is 29.0. The standard InChI is InChI=1S/C40H66O2S/c1-3-5-7-9-11-13-15-17-19-21-23-25-35-41-37-27-31-39(32-28-37)43-40-33-29-38(30-34-40)42-36-26-24-22-20-18-16-14-12-10-8-6-4-2/h27-34H,3-26,35-36H2,1-2H3. The predicted octanol–water partition coefficient (Wildman–Crippen LogP) is 14.0. The molecule has 0 aromatic heterocycles. The molecule has 0 aliphatic rings. The number of ether oxygens (including phenoxy) is 2. The summed E-state index contributed by atoms with van der Waals surface area (Å²) in [6.07, 6.45) is 33.0. The Hall–Kier alpha value is -1.61. The maximum absolute atomic E-state index is 5.99. The molecule has 0 unspecified atom stereocenters. The van der Waals surface area contributed by atoms with Crippen LogP contribution in [0.2, 0.25) is 0 Å². The first-order valence-corrected chi connectivity index (χ1v) is 19.3. The molecule has 2 rings (SSSR count). The lowest BCUT2D eigenvalue weighted by Gasteiger charge is -2.09. The molecule has 2 nitrogen and oxygen atoms in total. The Morgan fingerprint density at radius 2 is 0.605 bits per heavy atom. The van der Waals surface area contributed by atoms with E-state index in [9.17, 15) is 0 Å². The lowest BCUT2D eigenvalue weighted by atomic mass is 10.1. The smallest absolute Gasteiger partial charge is 0.119 e. The minimum atomic E-state index is 0.824. The molecular weight excluding hydrogens is 545 g/mol. The van der Waals surface area contributed by atoms with Gasteiger partial charge in [0.05, 0.1) is 13.2 Å². The summed E-state index contributed by atoms with van der Waals surface area (Å²) >= 11 is 1.79. The molecule has 0 amide bonds. The van der Waals surface area contributed by atoms with Gasteiger partial charge in [0.15, 0.2) is 0 Å². The highest BCUT2D eigenvalue weighted by molar-refractivity contribution is 7.99. The van der Waals surface area contributed by atoms with E-state index in [1.807, 2.05) is 0 Å². The van der Waals surface area contributed by atoms with E-state index in [1.165, 1.54) is 151 Å². The SMILES string of the molecule is CCCCCCCCCCCCCCOc1ccc(Sc2ccc(OCCCCCCCCCCCCCC)cc2)cc1. The molecule has 0 spiro atoms. The van der Waals surface area contributed by atoms with Gasteiger partial charge in [-0.2, -0.15) is 0 Å². The second-order valence-electron chi connectivity index (χ2n) is 12.5. The van der Waals surface area contributed by atoms with Crippen molar-refractivity contribution in [3.05, 3.63) is 48.5 Å². The fourth-order valence-electron chi connectivity index (χ4n) is 5.61. The molecule has 244 valence electrons. The van der Waals surface area contributed by atoms with Crippen molar-refractivity contribution in [3.63, 3.8) is 0 Å². The molecule has 0 saturated carbocycles. The Bertz CT molecular complexity index is 776. The third-order valence-corrected chi connectivity index (χ3v) is 9.43. The summed E-state index contributed by atoms with van der Waals surface area (Å²) in [5.41, 5.74) is 0. The number of unbranched alkanes of at least 4 members (excludes halogenated alkanes) is 22. The maximum atomic E-state index is 5.99. The average molecular weight is 611 g/mol. The molecule has 0 aliphatic heterocycles. The highest BCUT2D eigenvalue weighted by Gasteiger charge is 2.02. The fourth-order valence-corrected chi connectivity index (χ4v) is 6.43. The van der Waals surface area contributed by atoms with Crippen LogP contribution in [0.1, 0.15) is 168 Å². The second kappa shape index (κ2) is 27.9. The molecular formula is C40H66O2S. The fraction of sp³-hybridized carbons (Fsp3) is 0.700. The third kappa shape index (κ3) is 21.7. The lowest BCUT2D eigenvalue weighted by molar-refractivity contribution is 0.304. The normalized spacial score (nSPS) is 11.2. The van der Waals surface area contributed by atoms with Crippen molar-refractivity contribution in [2.75, 3.05) is 13.2 Å². The molecule has 0 heterocycles. The van der Waals surface area contributed by atoms with Crippen LogP contribution >= 0.6 is 11.8 Å². The molecule has 0 N–H and O–H groups in total. The molecule has 0 radical (unpaired) electrons. The van der Waals surface area contributed by atoms with Crippen LogP contribution in [-0.4, -0.2) is 13.2 Å². The van der Waals surface area contributed by atoms with Gasteiger partial charge in [-0.25, -0.2) is 0 Å². The summed E-state index contributed by atoms with van der Waals surface area (Å²) in [4.78, 5) is 2.48. The number of rotatable bonds is 30. The first kappa shape index (κ1) is 37.6. The third-order valence-electron chi connectivity index (χ3n) is 8.42. The van der Waals surface area contributed by atoms with Crippen LogP contribution in [0.5, 0.6) is 11.5 Å². The Labute approximate surface area is 271 Å². The first-order chi connectivity index (χ1) is 21.3. The molecule has 0 fully saturated rings. The highest BCUT2D eigenvalue weighted by Crippen LogP contribution is 2.30. The Morgan fingerprint density at radius 1 is 0.349 bits per heavy atom. The van der Waals surface area contributed by atoms with E-state index in [-0.39, 0.29) is 0 Å². The van der Waals surface area contributed by atoms with Crippen LogP contribution in [0.3, 0.4) is 0 Å². The van der Waals surface area contributed by atoms with Gasteiger partial charge < -0.3 is 9.47 Å². The van der Waals surface area contributed by atoms with Gasteiger partial charge in [0.25, 0.3) is 0 Å². The topological polar surface area (TPSA) is 18.5 Å². The summed E-state index contributed by atoms with van der Waals surface area (Å²) in [6, 6.07) is 17.1. The Morgan fingerprint density at radius 3 is 0.884 bits per heavy atom. The molecule has 0 bridgehead atoms. The minimum absolute atomic E-state index is 0.824. The van der Waals surface area contributed by atoms with Crippen LogP contribution < -0.4 is 9.47 Å². The van der Waals surface area contributed by atoms with Gasteiger partial charge in [0, 0.05) is 9.79 Å². The second-order valence-corrected chi connectivity index (χ2v) is 13.7. The van der Waals surface area contributed by atoms with Gasteiger partial charge >= 0.3 is 0 Å². The first-order valence-electron chi connectivity index (χ1n) is 18.5. The summed E-state index contributed by atoms with van der Waals surface area (Å²) in [5.74, 6) is 1.96. The van der Waals surface area contributed by atoms with Crippen LogP contribution in [0.4, 0.5) is 0 Å². The quantitative estimate of drug-likeness (QED) is 0.0820. The Kier molecular flexibility index (Phi) is 24.4. The lowest BCUT2D eigenvalue weighted by Crippen LogP contribution is -1.97. The molecule has 0 aliphatic carbocycles. The van der Waals surface area contributed by atoms with Crippen molar-refractivity contribution in [2.24, 2.45) is 0 Å². The van der Waals surface area contributed by atoms with Crippen LogP contribution in [-0.2, 0) is 0 Å². The van der Waals surface area contributed by atoms with E-state index in [0.717, 1.165) is 37.6 Å². The number of benzene rings is 2. The minimum Gasteiger partial charge on any atom is -0.494 e. The molecule has 3 heteroatoms. The van der Waals surface area contributed by atoms with Crippen molar-refractivity contribution >= 4 is 11.8 Å². The van der Waals surface area contributed by atoms with Gasteiger partial charge in [-0.15, -0.1) is 0 Å². The van der Waals surface area contributed by atoms with E-state index in [0.29, 0.717) is 0 Å². The summed E-state index contributed by atoms with van der Waals surface area (Å²) in [5, 5.41) is 0. The summed E-state index contributed by atoms with van der Waals surface area (Å²) in [6.45, 7) is 6.23. The van der Waals surface area contributed by atoms with Crippen molar-refractivity contribution < 1.29 is 9.47 Å². The molecule has 0 atom stereocenters. The predicted molar refractivity (Wildman–Crippen MR) is 190 cm³/mol. The van der Waals surface area contributed by atoms with E-state index in [2.05, 4.69) is 62.4 Å². The molecule has 43 heavy (non-hydrogen) atoms. The van der Waals surface area contributed by atoms with Crippen LogP contribution in [0.15, 0.2) is 58.3 Å². The van der Waals surface area contributed by atoms with E-state index >= 15 is 0 Å². The Balaban J connectivity index is 1.43. The van der Waals surface area contributed by atoms with Gasteiger partial charge in [-0.3, -0.25) is 0 Å². The number of hydrogen-bond donors (Lipinski definition) is 0. The van der Waals surface area contributed by atoms with Crippen molar-refractivity contribution in [1.82, 2.24) is 0 Å². The van der Waals surface area contributed by atoms with E-state index < -0.39 is 0 Å². The summed E-state index contributed by atoms with van der Waals surface area (Å²) < 4.78 is 12.0. The van der Waals surface area contributed by atoms with Crippen molar-refractivity contribution in [1.29, 1.82) is 0 Å². The van der Waals surface area contributed by atoms with Crippen molar-refractivity contribution in [3.8, 4) is 11.5 Å². The maximum Gasteiger partial charge on any atom is 0.119 e. The molecule has 0 saturated heterocycles. The monoisotopic (exact) mass is 610 g/mol. The average Bonchev–Trinajstić information content (AvgIpc) is 3.03. The zero-order valence-electron chi connectivity index (χ0n) is 28.2. The van der Waals surface area contributed by atoms with Gasteiger partial charge in [-0.1, -0.05) is 167 Å². The van der Waals surface area contributed by atoms with E-state index in [4.69, 9.17) is 9.47 Å². The van der Waals surface area contributed by atoms with Gasteiger partial charge in [0.1, 0.15) is 11.5 Å². The van der Waals surface area contributed by atoms with Gasteiger partial charge in [0.2, 0.25) is 0 Å². The largest absolute Gasteiger partial charge is 0.494 e. The molecule has 2 aromatic carbocycles. The summed E-state index contributed by atoms with van der Waals surface area (Å²) in [7, 11) is 0. The van der Waals surface area contributed by atoms with Gasteiger partial charge in [-0.05, 0) is 61.4 Å².